The Balaban J connectivity index is 1.39. The Morgan fingerprint density at radius 1 is 0.711 bits per heavy atom. The van der Waals surface area contributed by atoms with Gasteiger partial charge in [0.2, 0.25) is 0 Å². The standard InChI is InChI=1S/C34H29Cl3N4O3S/c1-19-31(23-9-5-7-11-28(23)40(19)3)33(32-20(2)41(4)29-12-8-6-10-24(29)32)21-13-15-22(16-14-21)34(42)38-39-45(43,44)30-18-26(36)25(35)17-27(30)37/h5-18,33,39H,1-4H3,(H,38,42). The van der Waals surface area contributed by atoms with Crippen molar-refractivity contribution in [1.82, 2.24) is 19.4 Å². The van der Waals surface area contributed by atoms with E-state index >= 15 is 0 Å². The maximum absolute atomic E-state index is 13.1. The summed E-state index contributed by atoms with van der Waals surface area (Å²) in [4.78, 5) is 14.9. The summed E-state index contributed by atoms with van der Waals surface area (Å²) in [6.45, 7) is 4.27. The van der Waals surface area contributed by atoms with E-state index in [-0.39, 0.29) is 31.4 Å². The molecule has 230 valence electrons. The summed E-state index contributed by atoms with van der Waals surface area (Å²) in [7, 11) is -0.0806. The molecular formula is C34H29Cl3N4O3S. The number of hydrazine groups is 1. The van der Waals surface area contributed by atoms with Gasteiger partial charge in [0.15, 0.2) is 0 Å². The summed E-state index contributed by atoms with van der Waals surface area (Å²) in [5.41, 5.74) is 10.5. The van der Waals surface area contributed by atoms with Gasteiger partial charge in [-0.05, 0) is 66.9 Å². The number of aromatic nitrogens is 2. The lowest BCUT2D eigenvalue weighted by Gasteiger charge is -2.21. The maximum Gasteiger partial charge on any atom is 0.266 e. The van der Waals surface area contributed by atoms with Crippen molar-refractivity contribution in [3.8, 4) is 0 Å². The Kier molecular flexibility index (Phi) is 8.22. The number of fused-ring (bicyclic) bond motifs is 2. The second kappa shape index (κ2) is 11.9. The molecule has 0 atom stereocenters. The molecule has 4 aromatic carbocycles. The van der Waals surface area contributed by atoms with Crippen LogP contribution in [0.4, 0.5) is 0 Å². The van der Waals surface area contributed by atoms with E-state index in [0.717, 1.165) is 44.8 Å². The largest absolute Gasteiger partial charge is 0.348 e. The van der Waals surface area contributed by atoms with Gasteiger partial charge in [0, 0.05) is 58.8 Å². The Bertz CT molecular complexity index is 2150. The number of hydrogen-bond acceptors (Lipinski definition) is 3. The number of nitrogens with zero attached hydrogens (tertiary/aromatic N) is 2. The van der Waals surface area contributed by atoms with Gasteiger partial charge in [-0.15, -0.1) is 4.83 Å². The minimum atomic E-state index is -4.24. The third-order valence-corrected chi connectivity index (χ3v) is 11.0. The Hall–Kier alpha value is -3.79. The van der Waals surface area contributed by atoms with Crippen LogP contribution in [0.5, 0.6) is 0 Å². The topological polar surface area (TPSA) is 85.1 Å². The van der Waals surface area contributed by atoms with Gasteiger partial charge in [0.25, 0.3) is 15.9 Å². The zero-order valence-corrected chi connectivity index (χ0v) is 27.9. The molecule has 7 nitrogen and oxygen atoms in total. The molecule has 0 bridgehead atoms. The summed E-state index contributed by atoms with van der Waals surface area (Å²) in [6.07, 6.45) is 0. The second-order valence-electron chi connectivity index (χ2n) is 11.0. The van der Waals surface area contributed by atoms with Crippen molar-refractivity contribution in [2.45, 2.75) is 24.7 Å². The molecule has 11 heteroatoms. The SMILES string of the molecule is Cc1c(C(c2ccc(C(=O)NNS(=O)(=O)c3cc(Cl)c(Cl)cc3Cl)cc2)c2c(C)n(C)c3ccccc23)c2ccccc2n1C. The average Bonchev–Trinajstić information content (AvgIpc) is 3.43. The zero-order valence-electron chi connectivity index (χ0n) is 24.8. The highest BCUT2D eigenvalue weighted by atomic mass is 35.5. The van der Waals surface area contributed by atoms with Crippen molar-refractivity contribution in [3.63, 3.8) is 0 Å². The molecule has 1 amide bonds. The predicted octanol–water partition coefficient (Wildman–Crippen LogP) is 8.05. The predicted molar refractivity (Wildman–Crippen MR) is 182 cm³/mol. The Morgan fingerprint density at radius 2 is 1.20 bits per heavy atom. The van der Waals surface area contributed by atoms with Crippen LogP contribution in [-0.4, -0.2) is 23.5 Å². The Morgan fingerprint density at radius 3 is 1.73 bits per heavy atom. The fourth-order valence-corrected chi connectivity index (χ4v) is 7.93. The molecule has 0 saturated carbocycles. The number of rotatable bonds is 7. The minimum Gasteiger partial charge on any atom is -0.348 e. The van der Waals surface area contributed by atoms with Gasteiger partial charge in [-0.25, -0.2) is 8.42 Å². The van der Waals surface area contributed by atoms with Crippen molar-refractivity contribution >= 4 is 72.5 Å². The number of hydrogen-bond donors (Lipinski definition) is 2. The molecule has 0 aliphatic carbocycles. The zero-order chi connectivity index (χ0) is 32.2. The van der Waals surface area contributed by atoms with Crippen LogP contribution in [-0.2, 0) is 24.1 Å². The second-order valence-corrected chi connectivity index (χ2v) is 13.8. The van der Waals surface area contributed by atoms with Crippen molar-refractivity contribution in [2.24, 2.45) is 14.1 Å². The van der Waals surface area contributed by atoms with E-state index in [9.17, 15) is 13.2 Å². The van der Waals surface area contributed by atoms with E-state index in [4.69, 9.17) is 34.8 Å². The highest BCUT2D eigenvalue weighted by molar-refractivity contribution is 7.89. The number of sulfonamides is 1. The molecule has 0 radical (unpaired) electrons. The summed E-state index contributed by atoms with van der Waals surface area (Å²) < 4.78 is 30.2. The lowest BCUT2D eigenvalue weighted by molar-refractivity contribution is 0.0945. The fraction of sp³-hybridized carbons (Fsp3) is 0.147. The number of benzene rings is 4. The van der Waals surface area contributed by atoms with E-state index in [1.165, 1.54) is 17.2 Å². The Labute approximate surface area is 276 Å². The van der Waals surface area contributed by atoms with E-state index in [0.29, 0.717) is 0 Å². The molecule has 6 aromatic rings. The number of carbonyl (C=O) groups is 1. The fourth-order valence-electron chi connectivity index (χ4n) is 6.08. The third-order valence-electron chi connectivity index (χ3n) is 8.54. The monoisotopic (exact) mass is 678 g/mol. The molecule has 0 aliphatic rings. The van der Waals surface area contributed by atoms with Gasteiger partial charge < -0.3 is 9.13 Å². The normalized spacial score (nSPS) is 12.0. The molecule has 0 fully saturated rings. The first-order valence-corrected chi connectivity index (χ1v) is 16.7. The summed E-state index contributed by atoms with van der Waals surface area (Å²) in [6, 6.07) is 26.3. The van der Waals surface area contributed by atoms with Gasteiger partial charge >= 0.3 is 0 Å². The number of carbonyl (C=O) groups excluding carboxylic acids is 1. The number of amides is 1. The number of aryl methyl sites for hydroxylation is 2. The van der Waals surface area contributed by atoms with E-state index < -0.39 is 15.9 Å². The van der Waals surface area contributed by atoms with Crippen LogP contribution < -0.4 is 10.3 Å². The van der Waals surface area contributed by atoms with Crippen molar-refractivity contribution in [3.05, 3.63) is 134 Å². The van der Waals surface area contributed by atoms with Gasteiger partial charge in [-0.2, -0.15) is 0 Å². The van der Waals surface area contributed by atoms with E-state index in [2.05, 4.69) is 83.7 Å². The van der Waals surface area contributed by atoms with Crippen LogP contribution in [0.3, 0.4) is 0 Å². The van der Waals surface area contributed by atoms with Gasteiger partial charge in [0.1, 0.15) is 4.90 Å². The summed E-state index contributed by atoms with van der Waals surface area (Å²) in [5, 5.41) is 2.31. The van der Waals surface area contributed by atoms with Gasteiger partial charge in [-0.3, -0.25) is 10.2 Å². The first-order chi connectivity index (χ1) is 21.4. The van der Waals surface area contributed by atoms with Gasteiger partial charge in [-0.1, -0.05) is 83.3 Å². The van der Waals surface area contributed by atoms with E-state index in [1.54, 1.807) is 12.1 Å². The lowest BCUT2D eigenvalue weighted by atomic mass is 9.82. The van der Waals surface area contributed by atoms with Crippen molar-refractivity contribution in [2.75, 3.05) is 0 Å². The molecule has 0 unspecified atom stereocenters. The molecule has 6 rings (SSSR count). The molecular weight excluding hydrogens is 651 g/mol. The van der Waals surface area contributed by atoms with Crippen LogP contribution >= 0.6 is 34.8 Å². The summed E-state index contributed by atoms with van der Waals surface area (Å²) in [5.74, 6) is -0.782. The molecule has 2 aromatic heterocycles. The molecule has 2 N–H and O–H groups in total. The quantitative estimate of drug-likeness (QED) is 0.132. The number of halogens is 3. The first-order valence-electron chi connectivity index (χ1n) is 14.0. The average molecular weight is 680 g/mol. The van der Waals surface area contributed by atoms with Crippen LogP contribution in [0.15, 0.2) is 89.8 Å². The van der Waals surface area contributed by atoms with Crippen LogP contribution in [0, 0.1) is 13.8 Å². The molecule has 2 heterocycles. The minimum absolute atomic E-state index is 0.0146. The molecule has 45 heavy (non-hydrogen) atoms. The van der Waals surface area contributed by atoms with E-state index in [1.807, 2.05) is 24.3 Å². The first kappa shape index (κ1) is 31.2. The van der Waals surface area contributed by atoms with Crippen LogP contribution in [0.1, 0.15) is 44.4 Å². The smallest absolute Gasteiger partial charge is 0.266 e. The molecule has 0 aliphatic heterocycles. The third kappa shape index (κ3) is 5.41. The highest BCUT2D eigenvalue weighted by Crippen LogP contribution is 2.44. The maximum atomic E-state index is 13.1. The number of nitrogens with one attached hydrogen (secondary N) is 2. The molecule has 0 spiro atoms. The lowest BCUT2D eigenvalue weighted by Crippen LogP contribution is -2.41. The number of para-hydroxylation sites is 2. The van der Waals surface area contributed by atoms with Crippen LogP contribution in [0.2, 0.25) is 15.1 Å². The van der Waals surface area contributed by atoms with Crippen LogP contribution in [0.25, 0.3) is 21.8 Å². The molecule has 0 saturated heterocycles. The van der Waals surface area contributed by atoms with Crippen molar-refractivity contribution < 1.29 is 13.2 Å². The highest BCUT2D eigenvalue weighted by Gasteiger charge is 2.29. The van der Waals surface area contributed by atoms with Crippen molar-refractivity contribution in [1.29, 1.82) is 0 Å². The van der Waals surface area contributed by atoms with Gasteiger partial charge in [0.05, 0.1) is 15.1 Å². The summed E-state index contributed by atoms with van der Waals surface area (Å²) >= 11 is 18.0.